The third-order valence-corrected chi connectivity index (χ3v) is 2.23. The lowest BCUT2D eigenvalue weighted by Crippen LogP contribution is -2.18. The minimum absolute atomic E-state index is 0.174. The van der Waals surface area contributed by atoms with Gasteiger partial charge < -0.3 is 15.0 Å². The van der Waals surface area contributed by atoms with E-state index in [4.69, 9.17) is 4.74 Å². The molecule has 1 amide bonds. The van der Waals surface area contributed by atoms with Crippen molar-refractivity contribution in [2.24, 2.45) is 0 Å². The molecule has 0 aliphatic heterocycles. The van der Waals surface area contributed by atoms with Crippen LogP contribution < -0.4 is 15.6 Å². The number of hydrogen-bond donors (Lipinski definition) is 2. The third kappa shape index (κ3) is 2.54. The summed E-state index contributed by atoms with van der Waals surface area (Å²) in [5.74, 6) is -0.122. The highest BCUT2D eigenvalue weighted by Crippen LogP contribution is 2.20. The Bertz CT molecular complexity index is 622. The summed E-state index contributed by atoms with van der Waals surface area (Å²) in [6.45, 7) is 0. The van der Waals surface area contributed by atoms with Gasteiger partial charge in [0.15, 0.2) is 0 Å². The largest absolute Gasteiger partial charge is 0.480 e. The van der Waals surface area contributed by atoms with E-state index in [0.717, 1.165) is 0 Å². The van der Waals surface area contributed by atoms with Crippen molar-refractivity contribution in [1.29, 1.82) is 0 Å². The lowest BCUT2D eigenvalue weighted by molar-refractivity contribution is 0.102. The number of anilines is 1. The van der Waals surface area contributed by atoms with Gasteiger partial charge in [-0.2, -0.15) is 0 Å². The molecule has 6 nitrogen and oxygen atoms in total. The number of methoxy groups -OCH3 is 1. The molecule has 92 valence electrons. The van der Waals surface area contributed by atoms with E-state index in [2.05, 4.69) is 15.3 Å². The molecule has 0 fully saturated rings. The zero-order valence-electron chi connectivity index (χ0n) is 9.64. The maximum Gasteiger partial charge on any atom is 0.272 e. The van der Waals surface area contributed by atoms with Crippen molar-refractivity contribution in [2.45, 2.75) is 0 Å². The molecule has 0 atom stereocenters. The van der Waals surface area contributed by atoms with Crippen LogP contribution in [0.1, 0.15) is 10.5 Å². The first kappa shape index (κ1) is 11.8. The SMILES string of the molecule is COc1ncccc1NC(=O)c1cccc(=O)[nH]1. The van der Waals surface area contributed by atoms with E-state index < -0.39 is 5.91 Å². The van der Waals surface area contributed by atoms with Crippen molar-refractivity contribution in [3.05, 3.63) is 52.6 Å². The average molecular weight is 245 g/mol. The van der Waals surface area contributed by atoms with Crippen LogP contribution in [-0.2, 0) is 0 Å². The molecule has 2 aromatic heterocycles. The van der Waals surface area contributed by atoms with Crippen LogP contribution in [0.2, 0.25) is 0 Å². The number of carbonyl (C=O) groups is 1. The van der Waals surface area contributed by atoms with Gasteiger partial charge in [0.25, 0.3) is 5.91 Å². The number of ether oxygens (including phenoxy) is 1. The summed E-state index contributed by atoms with van der Waals surface area (Å²) in [5, 5.41) is 2.61. The summed E-state index contributed by atoms with van der Waals surface area (Å²) in [7, 11) is 1.46. The molecule has 0 unspecified atom stereocenters. The summed E-state index contributed by atoms with van der Waals surface area (Å²) in [4.78, 5) is 29.4. The van der Waals surface area contributed by atoms with Crippen LogP contribution in [0.3, 0.4) is 0 Å². The van der Waals surface area contributed by atoms with Crippen molar-refractivity contribution in [3.8, 4) is 5.88 Å². The van der Waals surface area contributed by atoms with Gasteiger partial charge >= 0.3 is 0 Å². The molecule has 2 rings (SSSR count). The summed E-state index contributed by atoms with van der Waals surface area (Å²) in [6, 6.07) is 7.69. The molecule has 6 heteroatoms. The van der Waals surface area contributed by atoms with Gasteiger partial charge in [-0.15, -0.1) is 0 Å². The summed E-state index contributed by atoms with van der Waals surface area (Å²) in [6.07, 6.45) is 1.55. The van der Waals surface area contributed by atoms with Crippen molar-refractivity contribution < 1.29 is 9.53 Å². The van der Waals surface area contributed by atoms with Crippen LogP contribution in [0.15, 0.2) is 41.3 Å². The lowest BCUT2D eigenvalue weighted by Gasteiger charge is -2.08. The minimum Gasteiger partial charge on any atom is -0.480 e. The predicted octanol–water partition coefficient (Wildman–Crippen LogP) is 1.03. The number of aromatic amines is 1. The number of rotatable bonds is 3. The maximum absolute atomic E-state index is 11.9. The molecular formula is C12H11N3O3. The quantitative estimate of drug-likeness (QED) is 0.845. The van der Waals surface area contributed by atoms with Gasteiger partial charge in [-0.3, -0.25) is 9.59 Å². The molecule has 2 N–H and O–H groups in total. The monoisotopic (exact) mass is 245 g/mol. The fourth-order valence-electron chi connectivity index (χ4n) is 1.42. The molecule has 0 saturated carbocycles. The third-order valence-electron chi connectivity index (χ3n) is 2.23. The normalized spacial score (nSPS) is 9.83. The Morgan fingerprint density at radius 3 is 2.89 bits per heavy atom. The summed E-state index contributed by atoms with van der Waals surface area (Å²) in [5.41, 5.74) is 0.281. The number of pyridine rings is 2. The van der Waals surface area contributed by atoms with Crippen molar-refractivity contribution >= 4 is 11.6 Å². The lowest BCUT2D eigenvalue weighted by atomic mass is 10.3. The van der Waals surface area contributed by atoms with E-state index in [1.165, 1.54) is 25.3 Å². The van der Waals surface area contributed by atoms with Crippen molar-refractivity contribution in [3.63, 3.8) is 0 Å². The number of aromatic nitrogens is 2. The van der Waals surface area contributed by atoms with Crippen LogP contribution in [-0.4, -0.2) is 23.0 Å². The highest BCUT2D eigenvalue weighted by atomic mass is 16.5. The number of nitrogens with zero attached hydrogens (tertiary/aromatic N) is 1. The second-order valence-electron chi connectivity index (χ2n) is 3.44. The number of carbonyl (C=O) groups excluding carboxylic acids is 1. The van der Waals surface area contributed by atoms with Crippen LogP contribution in [0, 0.1) is 0 Å². The van der Waals surface area contributed by atoms with E-state index in [0.29, 0.717) is 11.6 Å². The zero-order valence-corrected chi connectivity index (χ0v) is 9.64. The molecule has 18 heavy (non-hydrogen) atoms. The predicted molar refractivity (Wildman–Crippen MR) is 65.8 cm³/mol. The first-order valence-corrected chi connectivity index (χ1v) is 5.20. The smallest absolute Gasteiger partial charge is 0.272 e. The fourth-order valence-corrected chi connectivity index (χ4v) is 1.42. The van der Waals surface area contributed by atoms with E-state index in [1.807, 2.05) is 0 Å². The summed E-state index contributed by atoms with van der Waals surface area (Å²) < 4.78 is 5.01. The number of nitrogens with one attached hydrogen (secondary N) is 2. The maximum atomic E-state index is 11.9. The van der Waals surface area contributed by atoms with E-state index in [1.54, 1.807) is 18.3 Å². The van der Waals surface area contributed by atoms with E-state index >= 15 is 0 Å². The fraction of sp³-hybridized carbons (Fsp3) is 0.0833. The first-order valence-electron chi connectivity index (χ1n) is 5.20. The molecule has 2 heterocycles. The van der Waals surface area contributed by atoms with Gasteiger partial charge in [-0.05, 0) is 18.2 Å². The van der Waals surface area contributed by atoms with E-state index in [-0.39, 0.29) is 11.3 Å². The second-order valence-corrected chi connectivity index (χ2v) is 3.44. The van der Waals surface area contributed by atoms with Gasteiger partial charge in [-0.25, -0.2) is 4.98 Å². The zero-order chi connectivity index (χ0) is 13.0. The Kier molecular flexibility index (Phi) is 3.38. The highest BCUT2D eigenvalue weighted by Gasteiger charge is 2.10. The first-order chi connectivity index (χ1) is 8.70. The summed E-state index contributed by atoms with van der Waals surface area (Å²) >= 11 is 0. The average Bonchev–Trinajstić information content (AvgIpc) is 2.39. The number of amides is 1. The van der Waals surface area contributed by atoms with Crippen LogP contribution in [0.25, 0.3) is 0 Å². The van der Waals surface area contributed by atoms with Crippen molar-refractivity contribution in [2.75, 3.05) is 12.4 Å². The molecule has 0 aromatic carbocycles. The van der Waals surface area contributed by atoms with Gasteiger partial charge in [0.1, 0.15) is 11.4 Å². The molecular weight excluding hydrogens is 234 g/mol. The topological polar surface area (TPSA) is 84.1 Å². The van der Waals surface area contributed by atoms with Gasteiger partial charge in [0.05, 0.1) is 7.11 Å². The molecule has 0 bridgehead atoms. The standard InChI is InChI=1S/C12H11N3O3/c1-18-12-9(5-3-7-13-12)15-11(17)8-4-2-6-10(16)14-8/h2-7H,1H3,(H,14,16)(H,15,17). The number of hydrogen-bond acceptors (Lipinski definition) is 4. The number of H-pyrrole nitrogens is 1. The van der Waals surface area contributed by atoms with E-state index in [9.17, 15) is 9.59 Å². The Hall–Kier alpha value is -2.63. The molecule has 0 radical (unpaired) electrons. The molecule has 0 saturated heterocycles. The van der Waals surface area contributed by atoms with Gasteiger partial charge in [0.2, 0.25) is 11.4 Å². The Balaban J connectivity index is 2.24. The van der Waals surface area contributed by atoms with Crippen molar-refractivity contribution in [1.82, 2.24) is 9.97 Å². The molecule has 0 aliphatic carbocycles. The van der Waals surface area contributed by atoms with Crippen LogP contribution in [0.5, 0.6) is 5.88 Å². The van der Waals surface area contributed by atoms with Crippen LogP contribution in [0.4, 0.5) is 5.69 Å². The van der Waals surface area contributed by atoms with Crippen LogP contribution >= 0.6 is 0 Å². The highest BCUT2D eigenvalue weighted by molar-refractivity contribution is 6.03. The minimum atomic E-state index is -0.431. The molecule has 2 aromatic rings. The Morgan fingerprint density at radius 1 is 1.33 bits per heavy atom. The Labute approximate surface area is 103 Å². The molecule has 0 aliphatic rings. The second kappa shape index (κ2) is 5.13. The van der Waals surface area contributed by atoms with Gasteiger partial charge in [-0.1, -0.05) is 6.07 Å². The van der Waals surface area contributed by atoms with Gasteiger partial charge in [0, 0.05) is 12.3 Å². The Morgan fingerprint density at radius 2 is 2.17 bits per heavy atom. The molecule has 0 spiro atoms.